The van der Waals surface area contributed by atoms with E-state index in [0.717, 1.165) is 11.3 Å². The van der Waals surface area contributed by atoms with Crippen LogP contribution in [0.4, 0.5) is 0 Å². The molecule has 0 spiro atoms. The van der Waals surface area contributed by atoms with E-state index in [0.29, 0.717) is 31.4 Å². The summed E-state index contributed by atoms with van der Waals surface area (Å²) in [5, 5.41) is 2.86. The summed E-state index contributed by atoms with van der Waals surface area (Å²) in [5.41, 5.74) is 1.63. The number of hydrogen-bond donors (Lipinski definition) is 1. The molecule has 120 valence electrons. The van der Waals surface area contributed by atoms with Gasteiger partial charge in [-0.1, -0.05) is 48.5 Å². The van der Waals surface area contributed by atoms with Crippen molar-refractivity contribution in [3.63, 3.8) is 0 Å². The van der Waals surface area contributed by atoms with Crippen molar-refractivity contribution in [3.8, 4) is 5.75 Å². The Hall–Kier alpha value is -2.62. The van der Waals surface area contributed by atoms with E-state index in [4.69, 9.17) is 4.74 Å². The smallest absolute Gasteiger partial charge is 0.220 e. The van der Waals surface area contributed by atoms with Gasteiger partial charge in [0, 0.05) is 30.5 Å². The van der Waals surface area contributed by atoms with E-state index < -0.39 is 0 Å². The maximum Gasteiger partial charge on any atom is 0.220 e. The Balaban J connectivity index is 1.72. The van der Waals surface area contributed by atoms with Crippen LogP contribution < -0.4 is 10.1 Å². The van der Waals surface area contributed by atoms with Crippen molar-refractivity contribution in [2.45, 2.75) is 25.8 Å². The van der Waals surface area contributed by atoms with Crippen LogP contribution in [0.2, 0.25) is 0 Å². The molecule has 1 N–H and O–H groups in total. The van der Waals surface area contributed by atoms with E-state index in [1.807, 2.05) is 42.5 Å². The van der Waals surface area contributed by atoms with E-state index in [1.54, 1.807) is 19.2 Å². The third-order valence-corrected chi connectivity index (χ3v) is 3.57. The Bertz CT molecular complexity index is 653. The Morgan fingerprint density at radius 3 is 2.39 bits per heavy atom. The van der Waals surface area contributed by atoms with Crippen LogP contribution >= 0.6 is 0 Å². The monoisotopic (exact) mass is 311 g/mol. The molecule has 2 rings (SSSR count). The Morgan fingerprint density at radius 2 is 1.65 bits per heavy atom. The number of nitrogens with one attached hydrogen (secondary N) is 1. The van der Waals surface area contributed by atoms with Crippen LogP contribution in [0.5, 0.6) is 5.75 Å². The summed E-state index contributed by atoms with van der Waals surface area (Å²) in [6.07, 6.45) is 1.27. The first-order valence-electron chi connectivity index (χ1n) is 7.67. The summed E-state index contributed by atoms with van der Waals surface area (Å²) in [6, 6.07) is 16.7. The van der Waals surface area contributed by atoms with Gasteiger partial charge in [0.15, 0.2) is 5.78 Å². The zero-order valence-corrected chi connectivity index (χ0v) is 13.2. The predicted octanol–water partition coefficient (Wildman–Crippen LogP) is 3.36. The number of carbonyl (C=O) groups is 2. The normalized spacial score (nSPS) is 10.1. The van der Waals surface area contributed by atoms with Crippen molar-refractivity contribution in [2.75, 3.05) is 7.11 Å². The molecule has 0 fully saturated rings. The van der Waals surface area contributed by atoms with Gasteiger partial charge in [-0.3, -0.25) is 9.59 Å². The van der Waals surface area contributed by atoms with E-state index in [-0.39, 0.29) is 11.7 Å². The number of amides is 1. The zero-order chi connectivity index (χ0) is 16.5. The third kappa shape index (κ3) is 5.25. The van der Waals surface area contributed by atoms with Crippen LogP contribution in [-0.4, -0.2) is 18.8 Å². The molecular weight excluding hydrogens is 290 g/mol. The average molecular weight is 311 g/mol. The second kappa shape index (κ2) is 8.73. The molecule has 0 aliphatic heterocycles. The molecule has 23 heavy (non-hydrogen) atoms. The minimum absolute atomic E-state index is 0.0585. The number of Topliss-reactive ketones (excluding diaryl/α,β-unsaturated/α-hetero) is 1. The number of rotatable bonds is 8. The Kier molecular flexibility index (Phi) is 6.36. The maximum atomic E-state index is 11.9. The van der Waals surface area contributed by atoms with Gasteiger partial charge in [-0.05, 0) is 12.5 Å². The molecule has 0 aliphatic carbocycles. The van der Waals surface area contributed by atoms with E-state index in [2.05, 4.69) is 5.32 Å². The highest BCUT2D eigenvalue weighted by molar-refractivity contribution is 5.96. The molecule has 0 radical (unpaired) electrons. The standard InChI is InChI=1S/C19H21NO3/c1-23-18-12-6-5-10-16(18)14-20-19(22)13-7-11-17(21)15-8-3-2-4-9-15/h2-6,8-10,12H,7,11,13-14H2,1H3,(H,20,22). The van der Waals surface area contributed by atoms with Crippen molar-refractivity contribution < 1.29 is 14.3 Å². The SMILES string of the molecule is COc1ccccc1CNC(=O)CCCC(=O)c1ccccc1. The van der Waals surface area contributed by atoms with Gasteiger partial charge in [-0.25, -0.2) is 0 Å². The molecule has 4 heteroatoms. The molecule has 0 heterocycles. The fourth-order valence-electron chi connectivity index (χ4n) is 2.31. The van der Waals surface area contributed by atoms with Crippen LogP contribution in [0.3, 0.4) is 0 Å². The van der Waals surface area contributed by atoms with Gasteiger partial charge < -0.3 is 10.1 Å². The summed E-state index contributed by atoms with van der Waals surface area (Å²) in [4.78, 5) is 23.8. The molecule has 0 saturated carbocycles. The van der Waals surface area contributed by atoms with Gasteiger partial charge in [-0.2, -0.15) is 0 Å². The Labute approximate surface area is 136 Å². The summed E-state index contributed by atoms with van der Waals surface area (Å²) in [6.45, 7) is 0.426. The van der Waals surface area contributed by atoms with Crippen molar-refractivity contribution in [3.05, 3.63) is 65.7 Å². The predicted molar refractivity (Wildman–Crippen MR) is 89.5 cm³/mol. The van der Waals surface area contributed by atoms with Crippen LogP contribution in [0.15, 0.2) is 54.6 Å². The summed E-state index contributed by atoms with van der Waals surface area (Å²) < 4.78 is 5.24. The quantitative estimate of drug-likeness (QED) is 0.761. The highest BCUT2D eigenvalue weighted by atomic mass is 16.5. The van der Waals surface area contributed by atoms with Crippen molar-refractivity contribution in [1.29, 1.82) is 0 Å². The van der Waals surface area contributed by atoms with Gasteiger partial charge in [0.25, 0.3) is 0 Å². The second-order valence-corrected chi connectivity index (χ2v) is 5.23. The lowest BCUT2D eigenvalue weighted by Gasteiger charge is -2.09. The number of hydrogen-bond acceptors (Lipinski definition) is 3. The first kappa shape index (κ1) is 16.7. The van der Waals surface area contributed by atoms with E-state index >= 15 is 0 Å². The molecule has 2 aromatic rings. The van der Waals surface area contributed by atoms with Gasteiger partial charge in [0.05, 0.1) is 7.11 Å². The Morgan fingerprint density at radius 1 is 0.957 bits per heavy atom. The minimum Gasteiger partial charge on any atom is -0.496 e. The van der Waals surface area contributed by atoms with Crippen LogP contribution in [0.1, 0.15) is 35.2 Å². The van der Waals surface area contributed by atoms with Gasteiger partial charge in [0.2, 0.25) is 5.91 Å². The zero-order valence-electron chi connectivity index (χ0n) is 13.2. The molecule has 0 bridgehead atoms. The second-order valence-electron chi connectivity index (χ2n) is 5.23. The summed E-state index contributed by atoms with van der Waals surface area (Å²) in [7, 11) is 1.61. The number of ketones is 1. The molecule has 2 aromatic carbocycles. The van der Waals surface area contributed by atoms with Crippen molar-refractivity contribution >= 4 is 11.7 Å². The number of carbonyl (C=O) groups excluding carboxylic acids is 2. The summed E-state index contributed by atoms with van der Waals surface area (Å²) >= 11 is 0. The van der Waals surface area contributed by atoms with Gasteiger partial charge >= 0.3 is 0 Å². The van der Waals surface area contributed by atoms with Crippen molar-refractivity contribution in [2.24, 2.45) is 0 Å². The number of para-hydroxylation sites is 1. The first-order valence-corrected chi connectivity index (χ1v) is 7.67. The molecule has 0 atom stereocenters. The van der Waals surface area contributed by atoms with E-state index in [1.165, 1.54) is 0 Å². The molecule has 1 amide bonds. The van der Waals surface area contributed by atoms with Crippen LogP contribution in [0.25, 0.3) is 0 Å². The number of methoxy groups -OCH3 is 1. The lowest BCUT2D eigenvalue weighted by molar-refractivity contribution is -0.121. The molecule has 0 aromatic heterocycles. The number of benzene rings is 2. The average Bonchev–Trinajstić information content (AvgIpc) is 2.60. The first-order chi connectivity index (χ1) is 11.2. The number of ether oxygens (including phenoxy) is 1. The lowest BCUT2D eigenvalue weighted by atomic mass is 10.1. The molecule has 0 saturated heterocycles. The molecule has 0 aliphatic rings. The fraction of sp³-hybridized carbons (Fsp3) is 0.263. The van der Waals surface area contributed by atoms with Crippen molar-refractivity contribution in [1.82, 2.24) is 5.32 Å². The minimum atomic E-state index is -0.0585. The lowest BCUT2D eigenvalue weighted by Crippen LogP contribution is -2.22. The third-order valence-electron chi connectivity index (χ3n) is 3.57. The van der Waals surface area contributed by atoms with Gasteiger partial charge in [0.1, 0.15) is 5.75 Å². The molecule has 4 nitrogen and oxygen atoms in total. The topological polar surface area (TPSA) is 55.4 Å². The molecule has 0 unspecified atom stereocenters. The highest BCUT2D eigenvalue weighted by Gasteiger charge is 2.08. The maximum absolute atomic E-state index is 11.9. The molecular formula is C19H21NO3. The summed E-state index contributed by atoms with van der Waals surface area (Å²) in [5.74, 6) is 0.770. The highest BCUT2D eigenvalue weighted by Crippen LogP contribution is 2.16. The van der Waals surface area contributed by atoms with Gasteiger partial charge in [-0.15, -0.1) is 0 Å². The largest absolute Gasteiger partial charge is 0.496 e. The van der Waals surface area contributed by atoms with Crippen LogP contribution in [-0.2, 0) is 11.3 Å². The van der Waals surface area contributed by atoms with E-state index in [9.17, 15) is 9.59 Å². The fourth-order valence-corrected chi connectivity index (χ4v) is 2.31. The van der Waals surface area contributed by atoms with Crippen LogP contribution in [0, 0.1) is 0 Å².